The molecule has 1 aromatic rings. The molecular weight excluding hydrogens is 300 g/mol. The zero-order valence-corrected chi connectivity index (χ0v) is 13.3. The number of rotatable bonds is 10. The summed E-state index contributed by atoms with van der Waals surface area (Å²) in [6, 6.07) is 7.52. The quantitative estimate of drug-likeness (QED) is 0.488. The highest BCUT2D eigenvalue weighted by Crippen LogP contribution is 2.17. The third-order valence-corrected chi connectivity index (χ3v) is 3.93. The summed E-state index contributed by atoms with van der Waals surface area (Å²) in [6.07, 6.45) is 3.28. The smallest absolute Gasteiger partial charge is 0.232 e. The van der Waals surface area contributed by atoms with E-state index in [0.29, 0.717) is 19.6 Å². The molecule has 4 nitrogen and oxygen atoms in total. The molecule has 0 saturated heterocycles. The molecule has 0 bridgehead atoms. The largest absolute Gasteiger partial charge is 0.494 e. The van der Waals surface area contributed by atoms with E-state index >= 15 is 0 Å². The van der Waals surface area contributed by atoms with Crippen LogP contribution in [0, 0.1) is 0 Å². The van der Waals surface area contributed by atoms with Gasteiger partial charge in [0.2, 0.25) is 9.05 Å². The Morgan fingerprint density at radius 3 is 2.05 bits per heavy atom. The molecule has 0 fully saturated rings. The standard InChI is InChI=1S/C14H21ClO4S/c1-2-18-13-7-9-14(10-8-13)19-11-5-3-4-6-12-20(15,16)17/h7-10H,2-6,11-12H2,1H3. The Morgan fingerprint density at radius 2 is 1.50 bits per heavy atom. The van der Waals surface area contributed by atoms with Crippen LogP contribution in [0.2, 0.25) is 0 Å². The van der Waals surface area contributed by atoms with Crippen molar-refractivity contribution in [3.05, 3.63) is 24.3 Å². The summed E-state index contributed by atoms with van der Waals surface area (Å²) in [5.74, 6) is 1.70. The molecule has 0 aromatic heterocycles. The second kappa shape index (κ2) is 9.08. The first kappa shape index (κ1) is 17.1. The number of unbranched alkanes of at least 4 members (excludes halogenated alkanes) is 3. The van der Waals surface area contributed by atoms with Gasteiger partial charge < -0.3 is 9.47 Å². The minimum absolute atomic E-state index is 0.0499. The lowest BCUT2D eigenvalue weighted by molar-refractivity contribution is 0.303. The Labute approximate surface area is 125 Å². The van der Waals surface area contributed by atoms with E-state index in [1.807, 2.05) is 31.2 Å². The number of hydrogen-bond donors (Lipinski definition) is 0. The van der Waals surface area contributed by atoms with E-state index in [2.05, 4.69) is 0 Å². The number of halogens is 1. The van der Waals surface area contributed by atoms with Gasteiger partial charge in [0.05, 0.1) is 19.0 Å². The van der Waals surface area contributed by atoms with Crippen molar-refractivity contribution in [3.63, 3.8) is 0 Å². The highest BCUT2D eigenvalue weighted by molar-refractivity contribution is 8.13. The van der Waals surface area contributed by atoms with Crippen LogP contribution in [0.1, 0.15) is 32.6 Å². The van der Waals surface area contributed by atoms with Gasteiger partial charge in [-0.1, -0.05) is 12.8 Å². The predicted molar refractivity (Wildman–Crippen MR) is 81.2 cm³/mol. The SMILES string of the molecule is CCOc1ccc(OCCCCCCS(=O)(=O)Cl)cc1. The van der Waals surface area contributed by atoms with Crippen LogP contribution in [0.3, 0.4) is 0 Å². The first-order valence-corrected chi connectivity index (χ1v) is 9.27. The van der Waals surface area contributed by atoms with Gasteiger partial charge in [-0.3, -0.25) is 0 Å². The zero-order valence-electron chi connectivity index (χ0n) is 11.7. The summed E-state index contributed by atoms with van der Waals surface area (Å²) < 4.78 is 32.3. The van der Waals surface area contributed by atoms with Gasteiger partial charge in [-0.15, -0.1) is 0 Å². The molecule has 0 aliphatic rings. The van der Waals surface area contributed by atoms with Crippen LogP contribution in [0.25, 0.3) is 0 Å². The van der Waals surface area contributed by atoms with Crippen LogP contribution in [0.15, 0.2) is 24.3 Å². The van der Waals surface area contributed by atoms with Crippen LogP contribution in [-0.4, -0.2) is 27.4 Å². The summed E-state index contributed by atoms with van der Waals surface area (Å²) in [5, 5.41) is 0. The fourth-order valence-corrected chi connectivity index (χ4v) is 2.60. The maximum Gasteiger partial charge on any atom is 0.232 e. The van der Waals surface area contributed by atoms with E-state index in [4.69, 9.17) is 20.2 Å². The molecule has 0 unspecified atom stereocenters. The van der Waals surface area contributed by atoms with E-state index < -0.39 is 9.05 Å². The molecule has 6 heteroatoms. The Morgan fingerprint density at radius 1 is 0.950 bits per heavy atom. The van der Waals surface area contributed by atoms with E-state index in [1.165, 1.54) is 0 Å². The van der Waals surface area contributed by atoms with E-state index in [1.54, 1.807) is 0 Å². The van der Waals surface area contributed by atoms with Crippen LogP contribution in [-0.2, 0) is 9.05 Å². The normalized spacial score (nSPS) is 11.3. The molecule has 0 amide bonds. The minimum atomic E-state index is -3.34. The maximum absolute atomic E-state index is 10.7. The highest BCUT2D eigenvalue weighted by Gasteiger charge is 2.03. The summed E-state index contributed by atoms with van der Waals surface area (Å²) in [7, 11) is 1.79. The van der Waals surface area contributed by atoms with E-state index in [0.717, 1.165) is 30.8 Å². The summed E-state index contributed by atoms with van der Waals surface area (Å²) in [6.45, 7) is 3.22. The molecule has 0 radical (unpaired) electrons. The molecule has 1 rings (SSSR count). The summed E-state index contributed by atoms with van der Waals surface area (Å²) in [5.41, 5.74) is 0. The lowest BCUT2D eigenvalue weighted by atomic mass is 10.2. The van der Waals surface area contributed by atoms with Gasteiger partial charge in [-0.2, -0.15) is 0 Å². The second-order valence-corrected chi connectivity index (χ2v) is 7.31. The Bertz CT molecular complexity index is 470. The van der Waals surface area contributed by atoms with Crippen molar-refractivity contribution in [2.45, 2.75) is 32.6 Å². The van der Waals surface area contributed by atoms with Crippen molar-refractivity contribution in [3.8, 4) is 11.5 Å². The van der Waals surface area contributed by atoms with Crippen molar-refractivity contribution >= 4 is 19.7 Å². The van der Waals surface area contributed by atoms with Gasteiger partial charge in [-0.05, 0) is 44.0 Å². The number of hydrogen-bond acceptors (Lipinski definition) is 4. The first-order valence-electron chi connectivity index (χ1n) is 6.79. The van der Waals surface area contributed by atoms with Gasteiger partial charge in [0.1, 0.15) is 11.5 Å². The molecule has 1 aromatic carbocycles. The second-order valence-electron chi connectivity index (χ2n) is 4.41. The average Bonchev–Trinajstić information content (AvgIpc) is 2.38. The molecule has 0 spiro atoms. The van der Waals surface area contributed by atoms with E-state index in [-0.39, 0.29) is 5.75 Å². The van der Waals surface area contributed by atoms with Gasteiger partial charge in [-0.25, -0.2) is 8.42 Å². The summed E-state index contributed by atoms with van der Waals surface area (Å²) in [4.78, 5) is 0. The highest BCUT2D eigenvalue weighted by atomic mass is 35.7. The maximum atomic E-state index is 10.7. The van der Waals surface area contributed by atoms with Crippen LogP contribution in [0.5, 0.6) is 11.5 Å². The third-order valence-electron chi connectivity index (χ3n) is 2.69. The predicted octanol–water partition coefficient (Wildman–Crippen LogP) is 3.59. The van der Waals surface area contributed by atoms with Crippen molar-refractivity contribution in [2.75, 3.05) is 19.0 Å². The molecular formula is C14H21ClO4S. The van der Waals surface area contributed by atoms with Crippen LogP contribution < -0.4 is 9.47 Å². The molecule has 114 valence electrons. The van der Waals surface area contributed by atoms with Crippen molar-refractivity contribution < 1.29 is 17.9 Å². The van der Waals surface area contributed by atoms with Gasteiger partial charge >= 0.3 is 0 Å². The lowest BCUT2D eigenvalue weighted by Crippen LogP contribution is -1.99. The first-order chi connectivity index (χ1) is 9.51. The third kappa shape index (κ3) is 8.27. The fraction of sp³-hybridized carbons (Fsp3) is 0.571. The number of ether oxygens (including phenoxy) is 2. The van der Waals surface area contributed by atoms with Gasteiger partial charge in [0.15, 0.2) is 0 Å². The number of benzene rings is 1. The van der Waals surface area contributed by atoms with Crippen molar-refractivity contribution in [1.29, 1.82) is 0 Å². The average molecular weight is 321 g/mol. The topological polar surface area (TPSA) is 52.6 Å². The Balaban J connectivity index is 2.09. The Hall–Kier alpha value is -0.940. The monoisotopic (exact) mass is 320 g/mol. The lowest BCUT2D eigenvalue weighted by Gasteiger charge is -2.07. The molecule has 0 aliphatic heterocycles. The van der Waals surface area contributed by atoms with Gasteiger partial charge in [0.25, 0.3) is 0 Å². The zero-order chi connectivity index (χ0) is 14.8. The summed E-state index contributed by atoms with van der Waals surface area (Å²) >= 11 is 0. The van der Waals surface area contributed by atoms with Crippen LogP contribution in [0.4, 0.5) is 0 Å². The molecule has 0 saturated carbocycles. The van der Waals surface area contributed by atoms with Gasteiger partial charge in [0, 0.05) is 10.7 Å². The molecule has 20 heavy (non-hydrogen) atoms. The Kier molecular flexibility index (Phi) is 7.77. The van der Waals surface area contributed by atoms with Crippen molar-refractivity contribution in [1.82, 2.24) is 0 Å². The molecule has 0 N–H and O–H groups in total. The molecule has 0 atom stereocenters. The van der Waals surface area contributed by atoms with Crippen LogP contribution >= 0.6 is 10.7 Å². The van der Waals surface area contributed by atoms with E-state index in [9.17, 15) is 8.42 Å². The van der Waals surface area contributed by atoms with Crippen molar-refractivity contribution in [2.24, 2.45) is 0 Å². The fourth-order valence-electron chi connectivity index (χ4n) is 1.72. The molecule has 0 heterocycles. The minimum Gasteiger partial charge on any atom is -0.494 e. The molecule has 0 aliphatic carbocycles.